The highest BCUT2D eigenvalue weighted by molar-refractivity contribution is 5.92. The Bertz CT molecular complexity index is 1250. The molecule has 0 saturated carbocycles. The Morgan fingerprint density at radius 1 is 1.05 bits per heavy atom. The van der Waals surface area contributed by atoms with Gasteiger partial charge < -0.3 is 25.0 Å². The lowest BCUT2D eigenvalue weighted by atomic mass is 9.95. The summed E-state index contributed by atoms with van der Waals surface area (Å²) in [4.78, 5) is 53.6. The minimum absolute atomic E-state index is 0.0167. The minimum atomic E-state index is -1.21. The zero-order valence-electron chi connectivity index (χ0n) is 24.7. The average molecular weight is 565 g/mol. The van der Waals surface area contributed by atoms with Gasteiger partial charge >= 0.3 is 12.1 Å². The van der Waals surface area contributed by atoms with Gasteiger partial charge in [-0.3, -0.25) is 14.4 Å². The van der Waals surface area contributed by atoms with E-state index in [1.54, 1.807) is 33.8 Å². The largest absolute Gasteiger partial charge is 0.466 e. The quantitative estimate of drug-likeness (QED) is 0.295. The fraction of sp³-hybridized carbons (Fsp3) is 0.452. The number of alkyl carbamates (subject to hydrolysis) is 1. The first-order chi connectivity index (χ1) is 19.4. The number of nitriles is 1. The summed E-state index contributed by atoms with van der Waals surface area (Å²) < 4.78 is 10.3. The van der Waals surface area contributed by atoms with E-state index in [-0.39, 0.29) is 26.0 Å². The number of esters is 1. The molecule has 3 amide bonds. The summed E-state index contributed by atoms with van der Waals surface area (Å²) in [7, 11) is 0. The molecule has 0 bridgehead atoms. The van der Waals surface area contributed by atoms with Crippen LogP contribution in [0.3, 0.4) is 0 Å². The highest BCUT2D eigenvalue weighted by atomic mass is 16.6. The molecule has 0 fully saturated rings. The van der Waals surface area contributed by atoms with Crippen molar-refractivity contribution in [3.8, 4) is 6.07 Å². The third kappa shape index (κ3) is 10.6. The van der Waals surface area contributed by atoms with Gasteiger partial charge in [-0.2, -0.15) is 5.26 Å². The summed E-state index contributed by atoms with van der Waals surface area (Å²) in [5, 5.41) is 15.1. The van der Waals surface area contributed by atoms with Crippen molar-refractivity contribution in [2.24, 2.45) is 0 Å². The number of rotatable bonds is 12. The number of hydrogen-bond donors (Lipinski definition) is 2. The minimum Gasteiger partial charge on any atom is -0.466 e. The van der Waals surface area contributed by atoms with Crippen molar-refractivity contribution in [3.05, 3.63) is 70.8 Å². The molecule has 0 aromatic heterocycles. The van der Waals surface area contributed by atoms with Crippen molar-refractivity contribution < 1.29 is 28.7 Å². The second kappa shape index (κ2) is 15.4. The molecule has 2 aromatic carbocycles. The molecule has 10 heteroatoms. The molecule has 0 aliphatic carbocycles. The first-order valence-electron chi connectivity index (χ1n) is 13.6. The summed E-state index contributed by atoms with van der Waals surface area (Å²) >= 11 is 0. The van der Waals surface area contributed by atoms with E-state index in [1.165, 1.54) is 0 Å². The molecule has 10 nitrogen and oxygen atoms in total. The van der Waals surface area contributed by atoms with Crippen molar-refractivity contribution in [2.75, 3.05) is 19.7 Å². The van der Waals surface area contributed by atoms with Gasteiger partial charge in [0.25, 0.3) is 0 Å². The van der Waals surface area contributed by atoms with Gasteiger partial charge in [-0.25, -0.2) is 4.79 Å². The van der Waals surface area contributed by atoms with Gasteiger partial charge in [-0.15, -0.1) is 0 Å². The lowest BCUT2D eigenvalue weighted by Crippen LogP contribution is -2.54. The van der Waals surface area contributed by atoms with Crippen molar-refractivity contribution in [1.82, 2.24) is 15.5 Å². The predicted octanol–water partition coefficient (Wildman–Crippen LogP) is 3.90. The predicted molar refractivity (Wildman–Crippen MR) is 154 cm³/mol. The van der Waals surface area contributed by atoms with Crippen molar-refractivity contribution in [1.29, 1.82) is 5.26 Å². The SMILES string of the molecule is CCOC(=O)CCNC(=O)C(c1cc(C)ccc1C)N(CC#N)C(=O)C(Cc1ccccc1)NC(=O)OC(C)(C)C. The van der Waals surface area contributed by atoms with Crippen molar-refractivity contribution >= 4 is 23.9 Å². The van der Waals surface area contributed by atoms with E-state index in [1.807, 2.05) is 62.4 Å². The first-order valence-corrected chi connectivity index (χ1v) is 13.6. The number of ether oxygens (including phenoxy) is 2. The smallest absolute Gasteiger partial charge is 0.408 e. The summed E-state index contributed by atoms with van der Waals surface area (Å²) in [6.45, 7) is 10.3. The van der Waals surface area contributed by atoms with E-state index in [9.17, 15) is 24.4 Å². The van der Waals surface area contributed by atoms with E-state index in [0.717, 1.165) is 21.6 Å². The number of amides is 3. The van der Waals surface area contributed by atoms with Gasteiger partial charge in [0.1, 0.15) is 24.2 Å². The Morgan fingerprint density at radius 3 is 2.34 bits per heavy atom. The molecule has 0 aliphatic rings. The van der Waals surface area contributed by atoms with Gasteiger partial charge in [-0.1, -0.05) is 54.1 Å². The van der Waals surface area contributed by atoms with E-state index >= 15 is 0 Å². The molecule has 0 saturated heterocycles. The van der Waals surface area contributed by atoms with E-state index < -0.39 is 48.1 Å². The van der Waals surface area contributed by atoms with Gasteiger partial charge in [0.2, 0.25) is 11.8 Å². The summed E-state index contributed by atoms with van der Waals surface area (Å²) in [6, 6.07) is 14.2. The Labute approximate surface area is 242 Å². The molecule has 0 heterocycles. The van der Waals surface area contributed by atoms with Gasteiger partial charge in [0.15, 0.2) is 0 Å². The number of nitrogens with one attached hydrogen (secondary N) is 2. The molecule has 2 rings (SSSR count). The monoisotopic (exact) mass is 564 g/mol. The zero-order valence-corrected chi connectivity index (χ0v) is 24.7. The molecular weight excluding hydrogens is 524 g/mol. The van der Waals surface area contributed by atoms with Crippen LogP contribution in [0.1, 0.15) is 62.4 Å². The second-order valence-electron chi connectivity index (χ2n) is 10.6. The van der Waals surface area contributed by atoms with Gasteiger partial charge in [0, 0.05) is 13.0 Å². The Morgan fingerprint density at radius 2 is 1.73 bits per heavy atom. The molecular formula is C31H40N4O6. The Hall–Kier alpha value is -4.39. The van der Waals surface area contributed by atoms with Crippen LogP contribution in [0.5, 0.6) is 0 Å². The molecule has 0 aliphatic heterocycles. The number of carbonyl (C=O) groups excluding carboxylic acids is 4. The number of nitrogens with zero attached hydrogens (tertiary/aromatic N) is 2. The van der Waals surface area contributed by atoms with Crippen molar-refractivity contribution in [2.45, 2.75) is 72.1 Å². The molecule has 2 aromatic rings. The van der Waals surface area contributed by atoms with Crippen LogP contribution in [-0.2, 0) is 30.3 Å². The molecule has 41 heavy (non-hydrogen) atoms. The molecule has 220 valence electrons. The van der Waals surface area contributed by atoms with Crippen molar-refractivity contribution in [3.63, 3.8) is 0 Å². The van der Waals surface area contributed by atoms with Crippen LogP contribution < -0.4 is 10.6 Å². The number of hydrogen-bond acceptors (Lipinski definition) is 7. The maximum Gasteiger partial charge on any atom is 0.408 e. The normalized spacial score (nSPS) is 12.3. The van der Waals surface area contributed by atoms with E-state index in [4.69, 9.17) is 9.47 Å². The van der Waals surface area contributed by atoms with Crippen LogP contribution >= 0.6 is 0 Å². The van der Waals surface area contributed by atoms with Crippen LogP contribution in [-0.4, -0.2) is 60.1 Å². The molecule has 2 atom stereocenters. The topological polar surface area (TPSA) is 138 Å². The standard InChI is InChI=1S/C31H40N4O6/c1-7-40-26(36)15-17-33-28(37)27(24-19-21(2)13-14-22(24)3)35(18-16-32)29(38)25(20-23-11-9-8-10-12-23)34-30(39)41-31(4,5)6/h8-14,19,25,27H,7,15,17-18,20H2,1-6H3,(H,33,37)(H,34,39). The highest BCUT2D eigenvalue weighted by Crippen LogP contribution is 2.27. The van der Waals surface area contributed by atoms with Crippen LogP contribution in [0.2, 0.25) is 0 Å². The van der Waals surface area contributed by atoms with Crippen LogP contribution in [0.25, 0.3) is 0 Å². The highest BCUT2D eigenvalue weighted by Gasteiger charge is 2.37. The average Bonchev–Trinajstić information content (AvgIpc) is 2.89. The maximum absolute atomic E-state index is 14.2. The first kappa shape index (κ1) is 32.8. The Balaban J connectivity index is 2.51. The maximum atomic E-state index is 14.2. The van der Waals surface area contributed by atoms with Gasteiger partial charge in [-0.05, 0) is 58.2 Å². The number of benzene rings is 2. The third-order valence-electron chi connectivity index (χ3n) is 6.02. The molecule has 2 unspecified atom stereocenters. The Kier molecular flexibility index (Phi) is 12.3. The zero-order chi connectivity index (χ0) is 30.6. The molecule has 0 radical (unpaired) electrons. The van der Waals surface area contributed by atoms with Gasteiger partial charge in [0.05, 0.1) is 19.1 Å². The van der Waals surface area contributed by atoms with E-state index in [2.05, 4.69) is 10.6 Å². The van der Waals surface area contributed by atoms with Crippen LogP contribution in [0, 0.1) is 25.2 Å². The third-order valence-corrected chi connectivity index (χ3v) is 6.02. The van der Waals surface area contributed by atoms with Crippen LogP contribution in [0.4, 0.5) is 4.79 Å². The lowest BCUT2D eigenvalue weighted by Gasteiger charge is -2.33. The number of aryl methyl sites for hydroxylation is 2. The van der Waals surface area contributed by atoms with Crippen LogP contribution in [0.15, 0.2) is 48.5 Å². The summed E-state index contributed by atoms with van der Waals surface area (Å²) in [5.41, 5.74) is 2.07. The molecule has 0 spiro atoms. The number of carbonyl (C=O) groups is 4. The lowest BCUT2D eigenvalue weighted by molar-refractivity contribution is -0.144. The summed E-state index contributed by atoms with van der Waals surface area (Å²) in [5.74, 6) is -1.67. The fourth-order valence-corrected chi connectivity index (χ4v) is 4.20. The molecule has 2 N–H and O–H groups in total. The van der Waals surface area contributed by atoms with E-state index in [0.29, 0.717) is 5.56 Å². The fourth-order valence-electron chi connectivity index (χ4n) is 4.20. The summed E-state index contributed by atoms with van der Waals surface area (Å²) in [6.07, 6.45) is -0.752. The second-order valence-corrected chi connectivity index (χ2v) is 10.6.